The molecule has 0 aromatic heterocycles. The second-order valence-electron chi connectivity index (χ2n) is 7.70. The van der Waals surface area contributed by atoms with Crippen molar-refractivity contribution in [2.75, 3.05) is 19.6 Å². The first-order valence-electron chi connectivity index (χ1n) is 9.94. The van der Waals surface area contributed by atoms with Gasteiger partial charge in [-0.25, -0.2) is 0 Å². The average molecular weight is 361 g/mol. The second-order valence-corrected chi connectivity index (χ2v) is 7.70. The largest absolute Gasteiger partial charge is 0.331 e. The fourth-order valence-electron chi connectivity index (χ4n) is 4.31. The van der Waals surface area contributed by atoms with E-state index in [9.17, 15) is 0 Å². The van der Waals surface area contributed by atoms with E-state index in [4.69, 9.17) is 21.8 Å². The van der Waals surface area contributed by atoms with E-state index in [2.05, 4.69) is 22.2 Å². The van der Waals surface area contributed by atoms with Gasteiger partial charge in [0.15, 0.2) is 0 Å². The third kappa shape index (κ3) is 4.12. The molecule has 0 aromatic rings. The quantitative estimate of drug-likeness (QED) is 0.759. The predicted octanol–water partition coefficient (Wildman–Crippen LogP) is 2.87. The van der Waals surface area contributed by atoms with Gasteiger partial charge in [-0.15, -0.1) is 6.42 Å². The first kappa shape index (κ1) is 17.9. The van der Waals surface area contributed by atoms with Crippen molar-refractivity contribution in [3.8, 4) is 12.3 Å². The van der Waals surface area contributed by atoms with Crippen LogP contribution in [-0.2, 0) is 0 Å². The molecule has 0 bridgehead atoms. The zero-order valence-corrected chi connectivity index (χ0v) is 15.7. The summed E-state index contributed by atoms with van der Waals surface area (Å²) < 4.78 is 0. The Balaban J connectivity index is 1.58. The van der Waals surface area contributed by atoms with Crippen LogP contribution < -0.4 is 5.32 Å². The summed E-state index contributed by atoms with van der Waals surface area (Å²) in [5, 5.41) is 11.2. The number of aliphatic imine (C=N–C) groups is 2. The summed E-state index contributed by atoms with van der Waals surface area (Å²) in [6, 6.07) is 0.314. The van der Waals surface area contributed by atoms with Gasteiger partial charge in [-0.05, 0) is 37.7 Å². The van der Waals surface area contributed by atoms with Gasteiger partial charge in [0.2, 0.25) is 0 Å². The Labute approximate surface area is 161 Å². The van der Waals surface area contributed by atoms with Crippen molar-refractivity contribution in [2.24, 2.45) is 9.98 Å². The molecule has 4 aliphatic rings. The molecule has 0 spiro atoms. The second kappa shape index (κ2) is 8.06. The summed E-state index contributed by atoms with van der Waals surface area (Å²) in [4.78, 5) is 12.2. The summed E-state index contributed by atoms with van der Waals surface area (Å²) in [6.45, 7) is 2.96. The van der Waals surface area contributed by atoms with Gasteiger partial charge < -0.3 is 10.7 Å². The fraction of sp³-hybridized carbons (Fsp3) is 0.500. The van der Waals surface area contributed by atoms with Crippen LogP contribution in [0.1, 0.15) is 38.5 Å². The highest BCUT2D eigenvalue weighted by molar-refractivity contribution is 6.07. The highest BCUT2D eigenvalue weighted by atomic mass is 15.1. The maximum Gasteiger partial charge on any atom is 0.132 e. The van der Waals surface area contributed by atoms with Gasteiger partial charge in [-0.2, -0.15) is 0 Å². The summed E-state index contributed by atoms with van der Waals surface area (Å²) in [5.74, 6) is 3.73. The number of hydrogen-bond donors (Lipinski definition) is 2. The highest BCUT2D eigenvalue weighted by Gasteiger charge is 2.30. The smallest absolute Gasteiger partial charge is 0.132 e. The van der Waals surface area contributed by atoms with Gasteiger partial charge >= 0.3 is 0 Å². The molecule has 0 aromatic carbocycles. The Morgan fingerprint density at radius 2 is 2.19 bits per heavy atom. The number of fused-ring (bicyclic) bond motifs is 1. The summed E-state index contributed by atoms with van der Waals surface area (Å²) in [6.07, 6.45) is 19.5. The number of rotatable bonds is 3. The van der Waals surface area contributed by atoms with E-state index >= 15 is 0 Å². The molecule has 0 amide bonds. The topological polar surface area (TPSA) is 63.8 Å². The number of terminal acetylenes is 1. The Morgan fingerprint density at radius 3 is 3.00 bits per heavy atom. The van der Waals surface area contributed by atoms with E-state index in [0.717, 1.165) is 68.9 Å². The summed E-state index contributed by atoms with van der Waals surface area (Å²) in [5.41, 5.74) is 4.66. The molecule has 2 aliphatic carbocycles. The van der Waals surface area contributed by atoms with Gasteiger partial charge in [0.1, 0.15) is 5.84 Å². The zero-order valence-electron chi connectivity index (χ0n) is 15.7. The number of piperidine rings is 1. The van der Waals surface area contributed by atoms with Crippen LogP contribution in [0.4, 0.5) is 0 Å². The zero-order chi connectivity index (χ0) is 18.6. The van der Waals surface area contributed by atoms with Crippen molar-refractivity contribution in [2.45, 2.75) is 50.6 Å². The molecule has 1 fully saturated rings. The van der Waals surface area contributed by atoms with Crippen molar-refractivity contribution >= 4 is 17.9 Å². The fourth-order valence-corrected chi connectivity index (χ4v) is 4.31. The Kier molecular flexibility index (Phi) is 5.35. The van der Waals surface area contributed by atoms with Crippen LogP contribution in [0, 0.1) is 17.8 Å². The molecule has 4 rings (SSSR count). The Bertz CT molecular complexity index is 795. The molecule has 0 saturated carbocycles. The van der Waals surface area contributed by atoms with E-state index in [1.165, 1.54) is 17.6 Å². The maximum absolute atomic E-state index is 7.84. The number of nitrogens with one attached hydrogen (secondary N) is 2. The molecule has 2 heterocycles. The van der Waals surface area contributed by atoms with Crippen molar-refractivity contribution in [1.29, 1.82) is 5.41 Å². The lowest BCUT2D eigenvalue weighted by atomic mass is 9.85. The third-order valence-electron chi connectivity index (χ3n) is 5.80. The first-order valence-corrected chi connectivity index (χ1v) is 9.94. The molecule has 140 valence electrons. The first-order chi connectivity index (χ1) is 13.2. The SMILES string of the molecule is C#CC1=CC=CC(N=C2NC=NC3CCCC(CN4CCC(=N)CC4)=C23)C1. The average Bonchev–Trinajstić information content (AvgIpc) is 2.70. The minimum Gasteiger partial charge on any atom is -0.331 e. The normalized spacial score (nSPS) is 30.0. The third-order valence-corrected chi connectivity index (χ3v) is 5.80. The van der Waals surface area contributed by atoms with Gasteiger partial charge in [0.05, 0.1) is 18.4 Å². The van der Waals surface area contributed by atoms with E-state index in [0.29, 0.717) is 0 Å². The van der Waals surface area contributed by atoms with E-state index in [-0.39, 0.29) is 12.1 Å². The number of nitrogens with zero attached hydrogens (tertiary/aromatic N) is 3. The van der Waals surface area contributed by atoms with Gasteiger partial charge in [-0.3, -0.25) is 14.9 Å². The summed E-state index contributed by atoms with van der Waals surface area (Å²) in [7, 11) is 0. The lowest BCUT2D eigenvalue weighted by Crippen LogP contribution is -2.41. The predicted molar refractivity (Wildman–Crippen MR) is 112 cm³/mol. The molecule has 5 nitrogen and oxygen atoms in total. The lowest BCUT2D eigenvalue weighted by Gasteiger charge is -2.34. The van der Waals surface area contributed by atoms with Crippen molar-refractivity contribution < 1.29 is 0 Å². The van der Waals surface area contributed by atoms with E-state index in [1.54, 1.807) is 0 Å². The number of amidine groups is 1. The van der Waals surface area contributed by atoms with Gasteiger partial charge in [-0.1, -0.05) is 24.1 Å². The molecular weight excluding hydrogens is 334 g/mol. The highest BCUT2D eigenvalue weighted by Crippen LogP contribution is 2.31. The van der Waals surface area contributed by atoms with Crippen molar-refractivity contribution in [1.82, 2.24) is 10.2 Å². The van der Waals surface area contributed by atoms with Crippen LogP contribution in [0.3, 0.4) is 0 Å². The van der Waals surface area contributed by atoms with Crippen molar-refractivity contribution in [3.63, 3.8) is 0 Å². The van der Waals surface area contributed by atoms with Gasteiger partial charge in [0.25, 0.3) is 0 Å². The van der Waals surface area contributed by atoms with Crippen LogP contribution in [0.5, 0.6) is 0 Å². The minimum absolute atomic E-state index is 0.0850. The molecule has 2 aliphatic heterocycles. The lowest BCUT2D eigenvalue weighted by molar-refractivity contribution is 0.291. The standard InChI is InChI=1S/C22H27N5/c1-2-16-5-3-7-19(13-16)26-22-21-17(6-4-8-20(21)24-15-25-22)14-27-11-9-18(23)10-12-27/h1,3,5,7,15,19-20,23H,4,6,8-14H2,(H,24,25,26). The maximum atomic E-state index is 7.84. The number of allylic oxidation sites excluding steroid dienone is 2. The van der Waals surface area contributed by atoms with E-state index < -0.39 is 0 Å². The van der Waals surface area contributed by atoms with Crippen molar-refractivity contribution in [3.05, 3.63) is 34.9 Å². The summed E-state index contributed by atoms with van der Waals surface area (Å²) >= 11 is 0. The Morgan fingerprint density at radius 1 is 1.33 bits per heavy atom. The molecule has 2 N–H and O–H groups in total. The Hall–Kier alpha value is -2.45. The molecule has 1 saturated heterocycles. The monoisotopic (exact) mass is 361 g/mol. The van der Waals surface area contributed by atoms with Crippen LogP contribution in [0.2, 0.25) is 0 Å². The number of hydrogen-bond acceptors (Lipinski definition) is 4. The molecule has 2 atom stereocenters. The number of likely N-dealkylation sites (tertiary alicyclic amines) is 1. The van der Waals surface area contributed by atoms with Crippen LogP contribution in [-0.4, -0.2) is 54.5 Å². The minimum atomic E-state index is 0.0850. The molecule has 0 radical (unpaired) electrons. The van der Waals surface area contributed by atoms with Crippen LogP contribution in [0.25, 0.3) is 0 Å². The molecular formula is C22H27N5. The van der Waals surface area contributed by atoms with Crippen LogP contribution in [0.15, 0.2) is 44.9 Å². The van der Waals surface area contributed by atoms with Gasteiger partial charge in [0, 0.05) is 42.9 Å². The molecule has 2 unspecified atom stereocenters. The molecule has 5 heteroatoms. The van der Waals surface area contributed by atoms with Crippen LogP contribution >= 0.6 is 0 Å². The molecule has 27 heavy (non-hydrogen) atoms. The van der Waals surface area contributed by atoms with E-state index in [1.807, 2.05) is 18.5 Å².